The monoisotopic (exact) mass is 347 g/mol. The first-order valence-electron chi connectivity index (χ1n) is 3.07. The van der Waals surface area contributed by atoms with E-state index in [1.165, 1.54) is 0 Å². The number of halogens is 2. The molecule has 0 saturated carbocycles. The van der Waals surface area contributed by atoms with Crippen molar-refractivity contribution in [3.05, 3.63) is 0 Å². The van der Waals surface area contributed by atoms with Gasteiger partial charge in [-0.25, -0.2) is 0 Å². The Morgan fingerprint density at radius 1 is 0.667 bits per heavy atom. The van der Waals surface area contributed by atoms with Gasteiger partial charge >= 0.3 is 18.6 Å². The van der Waals surface area contributed by atoms with E-state index in [0.29, 0.717) is 0 Å². The number of aliphatic hydroxyl groups is 3. The van der Waals surface area contributed by atoms with E-state index < -0.39 is 0 Å². The molecule has 0 aliphatic heterocycles. The molecule has 0 amide bonds. The van der Waals surface area contributed by atoms with Crippen molar-refractivity contribution >= 4 is 0 Å². The predicted octanol–water partition coefficient (Wildman–Crippen LogP) is -6.00. The molecule has 0 saturated heterocycles. The summed E-state index contributed by atoms with van der Waals surface area (Å²) in [6.07, 6.45) is 0. The van der Waals surface area contributed by atoms with Crippen LogP contribution in [0, 0.1) is 0 Å². The maximum absolute atomic E-state index is 7.57. The van der Waals surface area contributed by atoms with E-state index in [0.717, 1.165) is 0 Å². The Kier molecular flexibility index (Phi) is 260. The molecule has 0 rings (SSSR count). The minimum Gasteiger partial charge on any atom is -1.00 e. The second-order valence-corrected chi connectivity index (χ2v) is 0.949. The van der Waals surface area contributed by atoms with Gasteiger partial charge in [0.05, 0.1) is 0 Å². The van der Waals surface area contributed by atoms with E-state index in [9.17, 15) is 0 Å². The molecule has 1 radical (unpaired) electrons. The molecule has 0 atom stereocenters. The van der Waals surface area contributed by atoms with Crippen molar-refractivity contribution in [1.29, 1.82) is 0 Å². The van der Waals surface area contributed by atoms with Gasteiger partial charge in [0.25, 0.3) is 0 Å². The van der Waals surface area contributed by atoms with Crippen LogP contribution in [0.3, 0.4) is 0 Å². The average molecular weight is 349 g/mol. The van der Waals surface area contributed by atoms with E-state index in [2.05, 4.69) is 0 Å². The third-order valence-electron chi connectivity index (χ3n) is 0. The number of hydrogen-bond donors (Lipinski definition) is 3. The van der Waals surface area contributed by atoms with Crippen LogP contribution in [0.2, 0.25) is 0 Å². The Labute approximate surface area is 108 Å². The van der Waals surface area contributed by atoms with Gasteiger partial charge in [0.2, 0.25) is 0 Å². The van der Waals surface area contributed by atoms with Gasteiger partial charge in [-0.1, -0.05) is 0 Å². The van der Waals surface area contributed by atoms with Gasteiger partial charge in [-0.05, 0) is 20.8 Å². The standard InChI is InChI=1S/3C2H6O.2BrH.V/c3*1-2-3;;;/h3*3H,2H2,1H3;2*1H;/q;;;;;+2/p-2. The normalized spacial score (nSPS) is 4.50. The molecule has 0 bridgehead atoms. The Balaban J connectivity index is -0.00000001000. The summed E-state index contributed by atoms with van der Waals surface area (Å²) < 4.78 is 0. The first-order chi connectivity index (χ1) is 4.24. The van der Waals surface area contributed by atoms with Crippen LogP contribution in [0.5, 0.6) is 0 Å². The summed E-state index contributed by atoms with van der Waals surface area (Å²) in [4.78, 5) is 0. The molecule has 0 aromatic heterocycles. The van der Waals surface area contributed by atoms with E-state index in [1.54, 1.807) is 20.8 Å². The van der Waals surface area contributed by atoms with Crippen LogP contribution in [0.25, 0.3) is 0 Å². The van der Waals surface area contributed by atoms with Gasteiger partial charge in [0, 0.05) is 19.8 Å². The molecule has 0 aliphatic rings. The van der Waals surface area contributed by atoms with Crippen molar-refractivity contribution in [3.8, 4) is 0 Å². The zero-order valence-corrected chi connectivity index (χ0v) is 12.2. The smallest absolute Gasteiger partial charge is 1.00 e. The minimum absolute atomic E-state index is 0. The maximum atomic E-state index is 7.57. The average Bonchev–Trinajstić information content (AvgIpc) is 1.70. The molecule has 0 spiro atoms. The van der Waals surface area contributed by atoms with Crippen LogP contribution in [-0.4, -0.2) is 35.1 Å². The largest absolute Gasteiger partial charge is 2.00 e. The molecule has 6 heteroatoms. The van der Waals surface area contributed by atoms with Crippen molar-refractivity contribution in [3.63, 3.8) is 0 Å². The molecule has 79 valence electrons. The summed E-state index contributed by atoms with van der Waals surface area (Å²) in [5, 5.41) is 22.7. The van der Waals surface area contributed by atoms with E-state index in [-0.39, 0.29) is 72.3 Å². The first kappa shape index (κ1) is 37.6. The van der Waals surface area contributed by atoms with Crippen LogP contribution in [0.4, 0.5) is 0 Å². The molecule has 3 N–H and O–H groups in total. The van der Waals surface area contributed by atoms with Gasteiger partial charge in [-0.3, -0.25) is 0 Å². The molecule has 0 aliphatic carbocycles. The molecular formula is C6H18Br2O3V. The Bertz CT molecular complexity index is 25.5. The Morgan fingerprint density at radius 2 is 0.667 bits per heavy atom. The summed E-state index contributed by atoms with van der Waals surface area (Å²) in [5.41, 5.74) is 0. The fourth-order valence-corrected chi connectivity index (χ4v) is 0. The molecular weight excluding hydrogens is 331 g/mol. The van der Waals surface area contributed by atoms with Gasteiger partial charge < -0.3 is 49.3 Å². The Morgan fingerprint density at radius 3 is 0.667 bits per heavy atom. The number of rotatable bonds is 0. The second kappa shape index (κ2) is 82.8. The zero-order chi connectivity index (χ0) is 8.12. The number of hydrogen-bond acceptors (Lipinski definition) is 3. The summed E-state index contributed by atoms with van der Waals surface area (Å²) in [6.45, 7) is 5.79. The van der Waals surface area contributed by atoms with Crippen molar-refractivity contribution in [1.82, 2.24) is 0 Å². The first-order valence-corrected chi connectivity index (χ1v) is 3.07. The topological polar surface area (TPSA) is 60.7 Å². The van der Waals surface area contributed by atoms with Crippen LogP contribution in [0.1, 0.15) is 20.8 Å². The van der Waals surface area contributed by atoms with Gasteiger partial charge in [-0.15, -0.1) is 0 Å². The molecule has 3 nitrogen and oxygen atoms in total. The van der Waals surface area contributed by atoms with Crippen LogP contribution >= 0.6 is 0 Å². The maximum Gasteiger partial charge on any atom is 2.00 e. The van der Waals surface area contributed by atoms with Crippen molar-refractivity contribution in [2.75, 3.05) is 19.8 Å². The fourth-order valence-electron chi connectivity index (χ4n) is 0. The third-order valence-corrected chi connectivity index (χ3v) is 0. The summed E-state index contributed by atoms with van der Waals surface area (Å²) >= 11 is 0. The molecule has 0 aromatic rings. The van der Waals surface area contributed by atoms with Crippen LogP contribution < -0.4 is 34.0 Å². The Hall–Kier alpha value is 1.42. The van der Waals surface area contributed by atoms with Crippen LogP contribution in [0.15, 0.2) is 0 Å². The van der Waals surface area contributed by atoms with Crippen molar-refractivity contribution < 1.29 is 67.8 Å². The zero-order valence-electron chi connectivity index (χ0n) is 7.67. The van der Waals surface area contributed by atoms with Gasteiger partial charge in [0.1, 0.15) is 0 Å². The molecule has 0 heterocycles. The van der Waals surface area contributed by atoms with Crippen molar-refractivity contribution in [2.24, 2.45) is 0 Å². The van der Waals surface area contributed by atoms with Crippen molar-refractivity contribution in [2.45, 2.75) is 20.8 Å². The van der Waals surface area contributed by atoms with E-state index in [1.807, 2.05) is 0 Å². The fraction of sp³-hybridized carbons (Fsp3) is 1.00. The van der Waals surface area contributed by atoms with E-state index in [4.69, 9.17) is 15.3 Å². The SMILES string of the molecule is CCO.CCO.CCO.[Br-].[Br-].[V+2]. The minimum atomic E-state index is 0. The summed E-state index contributed by atoms with van der Waals surface area (Å²) in [5.74, 6) is 0. The molecule has 0 fully saturated rings. The quantitative estimate of drug-likeness (QED) is 0.408. The third kappa shape index (κ3) is 612. The molecule has 0 unspecified atom stereocenters. The van der Waals surface area contributed by atoms with Gasteiger partial charge in [-0.2, -0.15) is 0 Å². The second-order valence-electron chi connectivity index (χ2n) is 0.949. The summed E-state index contributed by atoms with van der Waals surface area (Å²) in [7, 11) is 0. The van der Waals surface area contributed by atoms with Crippen LogP contribution in [-0.2, 0) is 18.6 Å². The molecule has 12 heavy (non-hydrogen) atoms. The predicted molar refractivity (Wildman–Crippen MR) is 38.3 cm³/mol. The summed E-state index contributed by atoms with van der Waals surface area (Å²) in [6, 6.07) is 0. The van der Waals surface area contributed by atoms with E-state index >= 15 is 0 Å². The number of aliphatic hydroxyl groups excluding tert-OH is 3. The molecule has 0 aromatic carbocycles. The van der Waals surface area contributed by atoms with Gasteiger partial charge in [0.15, 0.2) is 0 Å².